The van der Waals surface area contributed by atoms with Gasteiger partial charge in [0.2, 0.25) is 5.90 Å². The Balaban J connectivity index is 0. The Morgan fingerprint density at radius 1 is 1.67 bits per heavy atom. The summed E-state index contributed by atoms with van der Waals surface area (Å²) in [6, 6.07) is 0. The number of nitrogens with zero attached hydrogens (tertiary/aromatic N) is 1. The molecular formula is C5H13N3O. The van der Waals surface area contributed by atoms with E-state index in [0.29, 0.717) is 0 Å². The molecule has 0 heterocycles. The second-order valence-corrected chi connectivity index (χ2v) is 0.816. The molecule has 0 spiro atoms. The summed E-state index contributed by atoms with van der Waals surface area (Å²) < 4.78 is 4.43. The van der Waals surface area contributed by atoms with E-state index < -0.39 is 0 Å². The molecule has 0 bridgehead atoms. The topological polar surface area (TPSA) is 71.5 Å². The molecule has 54 valence electrons. The second kappa shape index (κ2) is 10.0. The molecule has 0 rings (SSSR count). The summed E-state index contributed by atoms with van der Waals surface area (Å²) in [6.07, 6.45) is 0.931. The SMILES string of the molecule is CC.CO/C(C=N)=N/N. The van der Waals surface area contributed by atoms with Crippen LogP contribution in [0.15, 0.2) is 5.10 Å². The molecule has 0 unspecified atom stereocenters. The maximum atomic E-state index is 6.50. The van der Waals surface area contributed by atoms with Gasteiger partial charge in [-0.25, -0.2) is 0 Å². The molecular weight excluding hydrogens is 118 g/mol. The molecule has 0 fully saturated rings. The summed E-state index contributed by atoms with van der Waals surface area (Å²) in [4.78, 5) is 0. The van der Waals surface area contributed by atoms with Crippen LogP contribution in [0.4, 0.5) is 0 Å². The smallest absolute Gasteiger partial charge is 0.247 e. The zero-order valence-electron chi connectivity index (χ0n) is 6.01. The van der Waals surface area contributed by atoms with Gasteiger partial charge in [-0.05, 0) is 0 Å². The van der Waals surface area contributed by atoms with Crippen LogP contribution in [0.25, 0.3) is 0 Å². The predicted octanol–water partition coefficient (Wildman–Crippen LogP) is 0.581. The molecule has 0 saturated carbocycles. The van der Waals surface area contributed by atoms with E-state index in [1.54, 1.807) is 0 Å². The number of nitrogens with one attached hydrogen (secondary N) is 1. The molecule has 0 aromatic carbocycles. The first kappa shape index (κ1) is 10.8. The highest BCUT2D eigenvalue weighted by atomic mass is 16.5. The molecule has 0 saturated heterocycles. The first-order valence-electron chi connectivity index (χ1n) is 2.67. The summed E-state index contributed by atoms with van der Waals surface area (Å²) in [5.41, 5.74) is 0. The minimum Gasteiger partial charge on any atom is -0.479 e. The fourth-order valence-corrected chi connectivity index (χ4v) is 0.149. The van der Waals surface area contributed by atoms with Crippen molar-refractivity contribution in [2.75, 3.05) is 7.11 Å². The third kappa shape index (κ3) is 6.94. The molecule has 0 aliphatic heterocycles. The highest BCUT2D eigenvalue weighted by Gasteiger charge is 1.83. The normalized spacial score (nSPS) is 9.00. The van der Waals surface area contributed by atoms with E-state index in [1.807, 2.05) is 13.8 Å². The Morgan fingerprint density at radius 2 is 2.11 bits per heavy atom. The van der Waals surface area contributed by atoms with Crippen LogP contribution in [-0.2, 0) is 4.74 Å². The Kier molecular flexibility index (Phi) is 12.1. The van der Waals surface area contributed by atoms with Gasteiger partial charge in [0.25, 0.3) is 0 Å². The van der Waals surface area contributed by atoms with Gasteiger partial charge in [0.05, 0.1) is 13.3 Å². The quantitative estimate of drug-likeness (QED) is 0.236. The Hall–Kier alpha value is -1.06. The number of hydrogen-bond acceptors (Lipinski definition) is 4. The molecule has 0 radical (unpaired) electrons. The van der Waals surface area contributed by atoms with Gasteiger partial charge in [0.15, 0.2) is 0 Å². The Labute approximate surface area is 55.2 Å². The van der Waals surface area contributed by atoms with E-state index in [1.165, 1.54) is 7.11 Å². The van der Waals surface area contributed by atoms with Gasteiger partial charge >= 0.3 is 0 Å². The number of hydrazone groups is 1. The summed E-state index contributed by atoms with van der Waals surface area (Å²) in [5, 5.41) is 9.58. The van der Waals surface area contributed by atoms with Crippen LogP contribution < -0.4 is 5.84 Å². The number of nitrogens with two attached hydrogens (primary N) is 1. The third-order valence-electron chi connectivity index (χ3n) is 0.460. The Morgan fingerprint density at radius 3 is 2.11 bits per heavy atom. The van der Waals surface area contributed by atoms with Crippen LogP contribution in [-0.4, -0.2) is 19.2 Å². The molecule has 3 N–H and O–H groups in total. The zero-order chi connectivity index (χ0) is 7.70. The lowest BCUT2D eigenvalue weighted by Crippen LogP contribution is -2.04. The zero-order valence-corrected chi connectivity index (χ0v) is 6.01. The first-order chi connectivity index (χ1) is 4.35. The van der Waals surface area contributed by atoms with Gasteiger partial charge in [-0.3, -0.25) is 0 Å². The van der Waals surface area contributed by atoms with Crippen LogP contribution in [0.2, 0.25) is 0 Å². The van der Waals surface area contributed by atoms with Gasteiger partial charge in [0, 0.05) is 0 Å². The van der Waals surface area contributed by atoms with Crippen LogP contribution >= 0.6 is 0 Å². The van der Waals surface area contributed by atoms with Gasteiger partial charge in [-0.1, -0.05) is 13.8 Å². The highest BCUT2D eigenvalue weighted by molar-refractivity contribution is 6.24. The van der Waals surface area contributed by atoms with E-state index in [4.69, 9.17) is 11.3 Å². The number of hydrogen-bond donors (Lipinski definition) is 2. The summed E-state index contributed by atoms with van der Waals surface area (Å²) >= 11 is 0. The van der Waals surface area contributed by atoms with Crippen molar-refractivity contribution in [3.63, 3.8) is 0 Å². The van der Waals surface area contributed by atoms with E-state index >= 15 is 0 Å². The lowest BCUT2D eigenvalue weighted by atomic mass is 10.7. The lowest BCUT2D eigenvalue weighted by molar-refractivity contribution is 0.410. The van der Waals surface area contributed by atoms with Crippen molar-refractivity contribution >= 4 is 12.1 Å². The van der Waals surface area contributed by atoms with E-state index in [9.17, 15) is 0 Å². The van der Waals surface area contributed by atoms with Gasteiger partial charge < -0.3 is 16.0 Å². The van der Waals surface area contributed by atoms with Crippen LogP contribution in [0.1, 0.15) is 13.8 Å². The highest BCUT2D eigenvalue weighted by Crippen LogP contribution is 1.65. The largest absolute Gasteiger partial charge is 0.479 e. The Bertz CT molecular complexity index is 90.2. The van der Waals surface area contributed by atoms with Crippen LogP contribution in [0, 0.1) is 5.41 Å². The monoisotopic (exact) mass is 131 g/mol. The van der Waals surface area contributed by atoms with E-state index in [0.717, 1.165) is 6.21 Å². The van der Waals surface area contributed by atoms with Crippen molar-refractivity contribution in [2.45, 2.75) is 13.8 Å². The predicted molar refractivity (Wildman–Crippen MR) is 38.8 cm³/mol. The van der Waals surface area contributed by atoms with Crippen molar-refractivity contribution in [1.29, 1.82) is 5.41 Å². The standard InChI is InChI=1S/C3H7N3O.C2H6/c1-7-3(2-4)6-5;1-2/h2,4H,5H2,1H3;1-2H3/b4-2?,6-3+;. The molecule has 9 heavy (non-hydrogen) atoms. The fourth-order valence-electron chi connectivity index (χ4n) is 0.149. The number of ether oxygens (including phenoxy) is 1. The average molecular weight is 131 g/mol. The maximum absolute atomic E-state index is 6.50. The minimum atomic E-state index is 0.125. The molecule has 0 aromatic heterocycles. The maximum Gasteiger partial charge on any atom is 0.247 e. The van der Waals surface area contributed by atoms with Crippen molar-refractivity contribution in [2.24, 2.45) is 10.9 Å². The molecule has 0 amide bonds. The van der Waals surface area contributed by atoms with Crippen LogP contribution in [0.3, 0.4) is 0 Å². The van der Waals surface area contributed by atoms with Gasteiger partial charge in [-0.2, -0.15) is 0 Å². The molecule has 0 aliphatic carbocycles. The van der Waals surface area contributed by atoms with E-state index in [2.05, 4.69) is 9.84 Å². The van der Waals surface area contributed by atoms with Crippen molar-refractivity contribution in [3.05, 3.63) is 0 Å². The minimum absolute atomic E-state index is 0.125. The molecule has 0 aromatic rings. The third-order valence-corrected chi connectivity index (χ3v) is 0.460. The van der Waals surface area contributed by atoms with Crippen molar-refractivity contribution in [3.8, 4) is 0 Å². The summed E-state index contributed by atoms with van der Waals surface area (Å²) in [6.45, 7) is 4.00. The van der Waals surface area contributed by atoms with Gasteiger partial charge in [0.1, 0.15) is 0 Å². The lowest BCUT2D eigenvalue weighted by Gasteiger charge is -1.90. The summed E-state index contributed by atoms with van der Waals surface area (Å²) in [7, 11) is 1.40. The van der Waals surface area contributed by atoms with Gasteiger partial charge in [-0.15, -0.1) is 5.10 Å². The molecule has 0 atom stereocenters. The summed E-state index contributed by atoms with van der Waals surface area (Å²) in [5.74, 6) is 4.83. The first-order valence-corrected chi connectivity index (χ1v) is 2.67. The molecule has 4 nitrogen and oxygen atoms in total. The average Bonchev–Trinajstić information content (AvgIpc) is 1.96. The van der Waals surface area contributed by atoms with Crippen molar-refractivity contribution < 1.29 is 4.74 Å². The second-order valence-electron chi connectivity index (χ2n) is 0.816. The van der Waals surface area contributed by atoms with Crippen LogP contribution in [0.5, 0.6) is 0 Å². The number of methoxy groups -OCH3 is 1. The van der Waals surface area contributed by atoms with E-state index in [-0.39, 0.29) is 5.90 Å². The van der Waals surface area contributed by atoms with Crippen molar-refractivity contribution in [1.82, 2.24) is 0 Å². The fraction of sp³-hybridized carbons (Fsp3) is 0.600. The number of rotatable bonds is 1. The molecule has 4 heteroatoms. The molecule has 0 aliphatic rings.